The number of rotatable bonds is 13. The zero-order valence-electron chi connectivity index (χ0n) is 19.6. The molecule has 1 fully saturated rings. The van der Waals surface area contributed by atoms with E-state index >= 15 is 0 Å². The Kier molecular flexibility index (Phi) is 27.8. The van der Waals surface area contributed by atoms with Gasteiger partial charge in [0, 0.05) is 29.6 Å². The average Bonchev–Trinajstić information content (AvgIpc) is 2.82. The fourth-order valence-corrected chi connectivity index (χ4v) is 2.84. The average molecular weight is 549 g/mol. The Morgan fingerprint density at radius 2 is 1.48 bits per heavy atom. The molecule has 0 aromatic heterocycles. The molecular weight excluding hydrogens is 508 g/mol. The normalized spacial score (nSPS) is 14.0. The van der Waals surface area contributed by atoms with E-state index in [-0.39, 0.29) is 42.5 Å². The summed E-state index contributed by atoms with van der Waals surface area (Å²) in [5, 5.41) is -0.0266. The van der Waals surface area contributed by atoms with Crippen LogP contribution in [0.1, 0.15) is 44.9 Å². The van der Waals surface area contributed by atoms with E-state index in [4.69, 9.17) is 18.9 Å². The van der Waals surface area contributed by atoms with E-state index in [2.05, 4.69) is 55.3 Å². The van der Waals surface area contributed by atoms with Crippen LogP contribution in [0.15, 0.2) is 0 Å². The number of methoxy groups -OCH3 is 2. The monoisotopic (exact) mass is 548 g/mol. The van der Waals surface area contributed by atoms with Crippen LogP contribution in [0.5, 0.6) is 0 Å². The molecule has 1 rings (SSSR count). The first kappa shape index (κ1) is 34.9. The molecule has 0 aromatic carbocycles. The third-order valence-electron chi connectivity index (χ3n) is 4.01. The van der Waals surface area contributed by atoms with Crippen LogP contribution >= 0.6 is 50.5 Å². The lowest BCUT2D eigenvalue weighted by atomic mass is 9.98. The molecule has 0 radical (unpaired) electrons. The van der Waals surface area contributed by atoms with Crippen molar-refractivity contribution in [3.63, 3.8) is 0 Å². The van der Waals surface area contributed by atoms with Crippen LogP contribution < -0.4 is 0 Å². The van der Waals surface area contributed by atoms with Gasteiger partial charge in [-0.3, -0.25) is 9.59 Å². The molecular formula is C21H40O8S4. The van der Waals surface area contributed by atoms with Crippen molar-refractivity contribution in [3.8, 4) is 0 Å². The molecule has 8 nitrogen and oxygen atoms in total. The molecule has 0 aliphatic heterocycles. The zero-order valence-corrected chi connectivity index (χ0v) is 23.2. The highest BCUT2D eigenvalue weighted by molar-refractivity contribution is 7.84. The van der Waals surface area contributed by atoms with Crippen LogP contribution in [0.4, 0.5) is 0 Å². The number of esters is 3. The van der Waals surface area contributed by atoms with Crippen LogP contribution in [-0.2, 0) is 38.1 Å². The molecule has 0 saturated heterocycles. The smallest absolute Gasteiger partial charge is 0.332 e. The van der Waals surface area contributed by atoms with Crippen molar-refractivity contribution < 1.29 is 38.1 Å². The van der Waals surface area contributed by atoms with Gasteiger partial charge in [-0.25, -0.2) is 4.79 Å². The Labute approximate surface area is 220 Å². The summed E-state index contributed by atoms with van der Waals surface area (Å²) in [6.45, 7) is 1.08. The lowest BCUT2D eigenvalue weighted by Crippen LogP contribution is -2.20. The predicted octanol–water partition coefficient (Wildman–Crippen LogP) is 3.08. The van der Waals surface area contributed by atoms with Gasteiger partial charge in [-0.2, -0.15) is 50.5 Å². The van der Waals surface area contributed by atoms with Gasteiger partial charge in [0.25, 0.3) is 0 Å². The maximum absolute atomic E-state index is 11.0. The van der Waals surface area contributed by atoms with Crippen LogP contribution in [0.25, 0.3) is 0 Å². The molecule has 196 valence electrons. The first-order valence-electron chi connectivity index (χ1n) is 10.8. The van der Waals surface area contributed by atoms with Gasteiger partial charge in [-0.15, -0.1) is 0 Å². The van der Waals surface area contributed by atoms with Crippen LogP contribution in [0.3, 0.4) is 0 Å². The number of thiol groups is 4. The van der Waals surface area contributed by atoms with Crippen molar-refractivity contribution >= 4 is 68.4 Å². The molecule has 0 N–H and O–H groups in total. The second-order valence-electron chi connectivity index (χ2n) is 6.84. The molecule has 1 aliphatic carbocycles. The van der Waals surface area contributed by atoms with E-state index in [1.54, 1.807) is 7.11 Å². The molecule has 12 heteroatoms. The lowest BCUT2D eigenvalue weighted by molar-refractivity contribution is -0.150. The Hall–Kier alpha value is -0.270. The van der Waals surface area contributed by atoms with E-state index in [9.17, 15) is 14.4 Å². The minimum Gasteiger partial charge on any atom is -0.469 e. The van der Waals surface area contributed by atoms with Crippen molar-refractivity contribution in [2.75, 3.05) is 57.9 Å². The predicted molar refractivity (Wildman–Crippen MR) is 142 cm³/mol. The van der Waals surface area contributed by atoms with Gasteiger partial charge in [-0.05, 0) is 25.7 Å². The first-order chi connectivity index (χ1) is 15.8. The van der Waals surface area contributed by atoms with Gasteiger partial charge in [0.05, 0.1) is 33.2 Å². The number of carbonyl (C=O) groups excluding carboxylic acids is 3. The zero-order chi connectivity index (χ0) is 25.3. The van der Waals surface area contributed by atoms with Gasteiger partial charge < -0.3 is 23.7 Å². The van der Waals surface area contributed by atoms with E-state index in [0.717, 1.165) is 12.8 Å². The van der Waals surface area contributed by atoms with Crippen LogP contribution in [-0.4, -0.2) is 87.2 Å². The minimum absolute atomic E-state index is 0.0266. The summed E-state index contributed by atoms with van der Waals surface area (Å²) in [5.41, 5.74) is 0. The fourth-order valence-electron chi connectivity index (χ4n) is 2.29. The second-order valence-corrected chi connectivity index (χ2v) is 8.83. The molecule has 1 unspecified atom stereocenters. The summed E-state index contributed by atoms with van der Waals surface area (Å²) in [6, 6.07) is 0. The SMILES string of the molecule is COC(=O)CCS.COCCOCC(=O)OCC(S)CS.O=C(CCS)OC1CCCCC1. The van der Waals surface area contributed by atoms with Gasteiger partial charge in [-0.1, -0.05) is 6.42 Å². The molecule has 33 heavy (non-hydrogen) atoms. The van der Waals surface area contributed by atoms with Crippen molar-refractivity contribution in [3.05, 3.63) is 0 Å². The van der Waals surface area contributed by atoms with E-state index in [1.807, 2.05) is 0 Å². The largest absolute Gasteiger partial charge is 0.469 e. The Morgan fingerprint density at radius 3 is 1.97 bits per heavy atom. The Balaban J connectivity index is 0. The maximum Gasteiger partial charge on any atom is 0.332 e. The van der Waals surface area contributed by atoms with Gasteiger partial charge in [0.2, 0.25) is 0 Å². The molecule has 0 heterocycles. The van der Waals surface area contributed by atoms with Crippen molar-refractivity contribution in [1.29, 1.82) is 0 Å². The summed E-state index contributed by atoms with van der Waals surface area (Å²) >= 11 is 15.9. The van der Waals surface area contributed by atoms with Crippen molar-refractivity contribution in [2.24, 2.45) is 0 Å². The van der Waals surface area contributed by atoms with Crippen LogP contribution in [0, 0.1) is 0 Å². The Morgan fingerprint density at radius 1 is 0.879 bits per heavy atom. The molecule has 0 spiro atoms. The fraction of sp³-hybridized carbons (Fsp3) is 0.857. The summed E-state index contributed by atoms with van der Waals surface area (Å²) in [7, 11) is 2.94. The molecule has 1 aliphatic rings. The number of carbonyl (C=O) groups is 3. The molecule has 0 amide bonds. The molecule has 0 bridgehead atoms. The summed E-state index contributed by atoms with van der Waals surface area (Å²) in [4.78, 5) is 32.2. The number of hydrogen-bond acceptors (Lipinski definition) is 12. The van der Waals surface area contributed by atoms with Gasteiger partial charge >= 0.3 is 17.9 Å². The van der Waals surface area contributed by atoms with E-state index in [1.165, 1.54) is 26.4 Å². The van der Waals surface area contributed by atoms with E-state index < -0.39 is 0 Å². The highest BCUT2D eigenvalue weighted by atomic mass is 32.1. The Bertz CT molecular complexity index is 491. The summed E-state index contributed by atoms with van der Waals surface area (Å²) in [6.07, 6.45) is 6.86. The van der Waals surface area contributed by atoms with Crippen molar-refractivity contribution in [1.82, 2.24) is 0 Å². The highest BCUT2D eigenvalue weighted by Gasteiger charge is 2.16. The maximum atomic E-state index is 11.0. The topological polar surface area (TPSA) is 97.4 Å². The third-order valence-corrected chi connectivity index (χ3v) is 5.52. The second kappa shape index (κ2) is 26.3. The number of hydrogen-bond donors (Lipinski definition) is 4. The lowest BCUT2D eigenvalue weighted by Gasteiger charge is -2.21. The van der Waals surface area contributed by atoms with Gasteiger partial charge in [0.15, 0.2) is 0 Å². The summed E-state index contributed by atoms with van der Waals surface area (Å²) in [5.74, 6) is 1.05. The van der Waals surface area contributed by atoms with Crippen LogP contribution in [0.2, 0.25) is 0 Å². The third kappa shape index (κ3) is 26.2. The minimum atomic E-state index is -0.387. The van der Waals surface area contributed by atoms with E-state index in [0.29, 0.717) is 43.3 Å². The highest BCUT2D eigenvalue weighted by Crippen LogP contribution is 2.20. The number of ether oxygens (including phenoxy) is 5. The van der Waals surface area contributed by atoms with Crippen molar-refractivity contribution in [2.45, 2.75) is 56.3 Å². The standard InChI is InChI=1S/C9H16O2S.C8H16O4S2.C4H8O2S/c10-9(6-7-12)11-8-4-2-1-3-5-8;1-10-2-3-11-5-8(9)12-4-7(14)6-13;1-6-4(5)2-3-7/h8,12H,1-7H2;7,13-14H,2-6H2,1H3;7H,2-3H2,1H3. The first-order valence-corrected chi connectivity index (χ1v) is 13.2. The molecule has 0 aromatic rings. The van der Waals surface area contributed by atoms with Gasteiger partial charge in [0.1, 0.15) is 19.3 Å². The molecule has 1 atom stereocenters. The molecule has 1 saturated carbocycles. The quantitative estimate of drug-likeness (QED) is 0.121. The summed E-state index contributed by atoms with van der Waals surface area (Å²) < 4.78 is 24.1.